The first-order chi connectivity index (χ1) is 8.88. The van der Waals surface area contributed by atoms with Crippen molar-refractivity contribution in [3.63, 3.8) is 0 Å². The van der Waals surface area contributed by atoms with E-state index in [1.165, 1.54) is 44.3 Å². The van der Waals surface area contributed by atoms with Crippen LogP contribution in [0.2, 0.25) is 19.6 Å². The van der Waals surface area contributed by atoms with E-state index in [0.29, 0.717) is 0 Å². The average molecular weight is 419 g/mol. The molecular weight excluding hydrogens is 403 g/mol. The number of rotatable bonds is 1. The predicted molar refractivity (Wildman–Crippen MR) is 92.8 cm³/mol. The Labute approximate surface area is 145 Å². The first kappa shape index (κ1) is 16.2. The summed E-state index contributed by atoms with van der Waals surface area (Å²) in [7, 11) is -1.43. The average Bonchev–Trinajstić information content (AvgIpc) is 2.62. The monoisotopic (exact) mass is 416 g/mol. The van der Waals surface area contributed by atoms with Crippen molar-refractivity contribution in [2.75, 3.05) is 0 Å². The molecule has 0 amide bonds. The number of halogens is 2. The van der Waals surface area contributed by atoms with Gasteiger partial charge in [0.1, 0.15) is 0 Å². The molecule has 0 atom stereocenters. The number of hydrogen-bond donors (Lipinski definition) is 0. The summed E-state index contributed by atoms with van der Waals surface area (Å²) < 4.78 is 5.19. The third kappa shape index (κ3) is 2.64. The van der Waals surface area contributed by atoms with Crippen LogP contribution in [0.1, 0.15) is 0 Å². The fraction of sp³-hybridized carbons (Fsp3) is 0.200. The van der Waals surface area contributed by atoms with Crippen LogP contribution < -0.4 is 4.16 Å². The summed E-state index contributed by atoms with van der Waals surface area (Å²) >= 11 is 4.82. The number of aromatic nitrogens is 1. The molecule has 2 aromatic carbocycles. The Kier molecular flexibility index (Phi) is 4.52. The molecule has 0 spiro atoms. The maximum Gasteiger partial charge on any atom is -0.147 e. The Hall–Kier alpha value is -0.150. The zero-order chi connectivity index (χ0) is 13.8. The van der Waals surface area contributed by atoms with Gasteiger partial charge < -0.3 is 0 Å². The largest absolute Gasteiger partial charge is 0.147 e. The van der Waals surface area contributed by atoms with Crippen LogP contribution in [0.3, 0.4) is 0 Å². The summed E-state index contributed by atoms with van der Waals surface area (Å²) in [6.45, 7) is 7.21. The third-order valence-electron chi connectivity index (χ3n) is 3.46. The van der Waals surface area contributed by atoms with Gasteiger partial charge in [0.25, 0.3) is 0 Å². The van der Waals surface area contributed by atoms with Crippen molar-refractivity contribution in [1.29, 1.82) is 0 Å². The fourth-order valence-electron chi connectivity index (χ4n) is 2.77. The van der Waals surface area contributed by atoms with Gasteiger partial charge in [-0.2, -0.15) is 0 Å². The van der Waals surface area contributed by atoms with E-state index in [9.17, 15) is 0 Å². The molecule has 3 aromatic rings. The zero-order valence-corrected chi connectivity index (χ0v) is 18.3. The standard InChI is InChI=1S/C15H15BrNSi.ClH.Zn/c1-18(2,3)17-14-7-5-4-6-12(14)13-10-11(16)8-9-15(13)17;;/h5-10H,1-3H3;1H;. The zero-order valence-electron chi connectivity index (χ0n) is 11.9. The second-order valence-electron chi connectivity index (χ2n) is 6.02. The smallest absolute Gasteiger partial charge is 0.147 e. The van der Waals surface area contributed by atoms with Crippen molar-refractivity contribution in [2.24, 2.45) is 0 Å². The minimum absolute atomic E-state index is 0. The number of benzene rings is 2. The molecular formula is C15H16BrClNSiZn. The Morgan fingerprint density at radius 1 is 0.950 bits per heavy atom. The van der Waals surface area contributed by atoms with Crippen molar-refractivity contribution in [2.45, 2.75) is 19.6 Å². The summed E-state index contributed by atoms with van der Waals surface area (Å²) in [5, 5.41) is 2.78. The van der Waals surface area contributed by atoms with Gasteiger partial charge in [0, 0.05) is 0 Å². The van der Waals surface area contributed by atoms with Crippen LogP contribution in [-0.4, -0.2) is 12.5 Å². The summed E-state index contributed by atoms with van der Waals surface area (Å²) in [5.41, 5.74) is 2.77. The van der Waals surface area contributed by atoms with Crippen molar-refractivity contribution in [1.82, 2.24) is 4.23 Å². The molecule has 1 heterocycles. The molecule has 0 aliphatic rings. The Bertz CT molecular complexity index is 733. The molecule has 0 saturated heterocycles. The van der Waals surface area contributed by atoms with E-state index in [-0.39, 0.29) is 12.4 Å². The molecule has 0 unspecified atom stereocenters. The molecule has 0 aliphatic carbocycles. The van der Waals surface area contributed by atoms with E-state index >= 15 is 0 Å². The normalized spacial score (nSPS) is 11.9. The van der Waals surface area contributed by atoms with Crippen molar-refractivity contribution < 1.29 is 18.3 Å². The molecule has 0 N–H and O–H groups in total. The van der Waals surface area contributed by atoms with E-state index < -0.39 is 8.24 Å². The van der Waals surface area contributed by atoms with Gasteiger partial charge >= 0.3 is 133 Å². The first-order valence-electron chi connectivity index (χ1n) is 6.44. The Morgan fingerprint density at radius 2 is 1.50 bits per heavy atom. The second-order valence-corrected chi connectivity index (χ2v) is 13.4. The Morgan fingerprint density at radius 3 is 2.10 bits per heavy atom. The molecule has 1 nitrogen and oxygen atoms in total. The van der Waals surface area contributed by atoms with Crippen LogP contribution >= 0.6 is 28.3 Å². The molecule has 101 valence electrons. The molecule has 1 aromatic heterocycles. The van der Waals surface area contributed by atoms with Crippen LogP contribution in [0.25, 0.3) is 21.8 Å². The van der Waals surface area contributed by atoms with Crippen molar-refractivity contribution in [3.8, 4) is 0 Å². The Balaban J connectivity index is 0.00000147. The van der Waals surface area contributed by atoms with Crippen LogP contribution in [0.5, 0.6) is 0 Å². The van der Waals surface area contributed by atoms with Gasteiger partial charge in [0.2, 0.25) is 0 Å². The predicted octanol–water partition coefficient (Wildman–Crippen LogP) is 4.83. The van der Waals surface area contributed by atoms with E-state index in [1.54, 1.807) is 0 Å². The van der Waals surface area contributed by atoms with Crippen LogP contribution in [0.4, 0.5) is 0 Å². The van der Waals surface area contributed by atoms with E-state index in [1.807, 2.05) is 0 Å². The third-order valence-corrected chi connectivity index (χ3v) is 6.70. The van der Waals surface area contributed by atoms with Crippen LogP contribution in [0, 0.1) is 0 Å². The molecule has 0 saturated carbocycles. The summed E-state index contributed by atoms with van der Waals surface area (Å²) in [6.07, 6.45) is 0. The van der Waals surface area contributed by atoms with Gasteiger partial charge in [0.15, 0.2) is 0 Å². The quantitative estimate of drug-likeness (QED) is 0.498. The minimum Gasteiger partial charge on any atom is -0.147 e. The fourth-order valence-corrected chi connectivity index (χ4v) is 5.64. The van der Waals surface area contributed by atoms with Gasteiger partial charge in [-0.25, -0.2) is 0 Å². The van der Waals surface area contributed by atoms with E-state index in [2.05, 4.69) is 76.2 Å². The van der Waals surface area contributed by atoms with Gasteiger partial charge in [-0.15, -0.1) is 12.4 Å². The molecule has 0 radical (unpaired) electrons. The molecule has 20 heavy (non-hydrogen) atoms. The molecule has 0 bridgehead atoms. The van der Waals surface area contributed by atoms with Gasteiger partial charge in [-0.1, -0.05) is 0 Å². The van der Waals surface area contributed by atoms with Crippen LogP contribution in [-0.2, 0) is 18.3 Å². The maximum absolute atomic E-state index is 3.61. The summed E-state index contributed by atoms with van der Waals surface area (Å²) in [6, 6.07) is 13.6. The maximum atomic E-state index is 3.61. The summed E-state index contributed by atoms with van der Waals surface area (Å²) in [4.78, 5) is 0. The number of hydrogen-bond acceptors (Lipinski definition) is 0. The van der Waals surface area contributed by atoms with Crippen molar-refractivity contribution in [3.05, 3.63) is 40.9 Å². The minimum atomic E-state index is -1.43. The van der Waals surface area contributed by atoms with Gasteiger partial charge in [-0.3, -0.25) is 0 Å². The summed E-state index contributed by atoms with van der Waals surface area (Å²) in [5.74, 6) is 0. The molecule has 5 heteroatoms. The number of nitrogens with zero attached hydrogens (tertiary/aromatic N) is 1. The van der Waals surface area contributed by atoms with Gasteiger partial charge in [-0.05, 0) is 0 Å². The van der Waals surface area contributed by atoms with Crippen LogP contribution in [0.15, 0.2) is 40.9 Å². The SMILES string of the molecule is C[Si](C)(C)n1c2cc[c]([Zn])cc2c2cc(Br)ccc21.Cl. The molecule has 0 fully saturated rings. The second kappa shape index (κ2) is 5.57. The van der Waals surface area contributed by atoms with E-state index in [4.69, 9.17) is 0 Å². The molecule has 3 rings (SSSR count). The van der Waals surface area contributed by atoms with Gasteiger partial charge in [0.05, 0.1) is 0 Å². The van der Waals surface area contributed by atoms with Crippen molar-refractivity contribution >= 4 is 62.5 Å². The first-order valence-corrected chi connectivity index (χ1v) is 12.2. The van der Waals surface area contributed by atoms with E-state index in [0.717, 1.165) is 4.47 Å². The number of fused-ring (bicyclic) bond motifs is 3. The molecule has 0 aliphatic heterocycles. The topological polar surface area (TPSA) is 4.93 Å².